The average Bonchev–Trinajstić information content (AvgIpc) is 2.95. The number of carbonyl (C=O) groups excluding carboxylic acids is 1. The minimum absolute atomic E-state index is 0.00660. The van der Waals surface area contributed by atoms with Crippen molar-refractivity contribution in [3.05, 3.63) is 95.1 Å². The third-order valence-corrected chi connectivity index (χ3v) is 5.42. The normalized spacial score (nSPS) is 12.5. The van der Waals surface area contributed by atoms with E-state index in [9.17, 15) is 18.0 Å². The molecular formula is C28H27F3N4O5. The molecule has 1 N–H and O–H groups in total. The van der Waals surface area contributed by atoms with Gasteiger partial charge in [-0.3, -0.25) is 0 Å². The van der Waals surface area contributed by atoms with E-state index in [2.05, 4.69) is 20.8 Å². The predicted octanol–water partition coefficient (Wildman–Crippen LogP) is 5.92. The van der Waals surface area contributed by atoms with Crippen molar-refractivity contribution in [2.45, 2.75) is 19.7 Å². The smallest absolute Gasteiger partial charge is 0.416 e. The van der Waals surface area contributed by atoms with Crippen molar-refractivity contribution in [1.82, 2.24) is 0 Å². The van der Waals surface area contributed by atoms with E-state index < -0.39 is 17.7 Å². The first-order valence-corrected chi connectivity index (χ1v) is 11.8. The van der Waals surface area contributed by atoms with Gasteiger partial charge in [-0.1, -0.05) is 57.9 Å². The molecule has 3 rings (SSSR count). The van der Waals surface area contributed by atoms with Gasteiger partial charge < -0.3 is 24.6 Å². The summed E-state index contributed by atoms with van der Waals surface area (Å²) in [7, 11) is 3.95. The van der Waals surface area contributed by atoms with Crippen LogP contribution in [-0.2, 0) is 36.8 Å². The zero-order valence-electron chi connectivity index (χ0n) is 22.2. The van der Waals surface area contributed by atoms with Crippen molar-refractivity contribution in [3.8, 4) is 0 Å². The van der Waals surface area contributed by atoms with Crippen LogP contribution in [0.4, 0.5) is 24.5 Å². The predicted molar refractivity (Wildman–Crippen MR) is 145 cm³/mol. The summed E-state index contributed by atoms with van der Waals surface area (Å²) < 4.78 is 43.8. The Balaban J connectivity index is 1.75. The summed E-state index contributed by atoms with van der Waals surface area (Å²) in [6.45, 7) is 1.66. The number of esters is 1. The van der Waals surface area contributed by atoms with Crippen LogP contribution >= 0.6 is 0 Å². The van der Waals surface area contributed by atoms with Crippen LogP contribution in [0.5, 0.6) is 0 Å². The van der Waals surface area contributed by atoms with Crippen molar-refractivity contribution in [2.75, 3.05) is 26.6 Å². The Morgan fingerprint density at radius 3 is 2.15 bits per heavy atom. The van der Waals surface area contributed by atoms with E-state index in [1.54, 1.807) is 61.5 Å². The fourth-order valence-electron chi connectivity index (χ4n) is 3.57. The molecule has 0 spiro atoms. The van der Waals surface area contributed by atoms with Gasteiger partial charge in [0, 0.05) is 28.1 Å². The summed E-state index contributed by atoms with van der Waals surface area (Å²) in [5, 5.41) is 14.9. The van der Waals surface area contributed by atoms with Crippen molar-refractivity contribution in [1.29, 1.82) is 0 Å². The zero-order valence-corrected chi connectivity index (χ0v) is 22.2. The number of hydrogen-bond donors (Lipinski definition) is 1. The molecule has 0 saturated carbocycles. The number of halogens is 3. The highest BCUT2D eigenvalue weighted by Gasteiger charge is 2.30. The molecule has 0 aliphatic heterocycles. The Morgan fingerprint density at radius 2 is 1.50 bits per heavy atom. The Morgan fingerprint density at radius 1 is 0.825 bits per heavy atom. The molecule has 0 amide bonds. The molecule has 0 aromatic heterocycles. The Labute approximate surface area is 228 Å². The van der Waals surface area contributed by atoms with E-state index in [0.717, 1.165) is 12.1 Å². The molecule has 40 heavy (non-hydrogen) atoms. The highest BCUT2D eigenvalue weighted by Crippen LogP contribution is 2.31. The lowest BCUT2D eigenvalue weighted by atomic mass is 10.0. The van der Waals surface area contributed by atoms with Crippen LogP contribution in [0, 0.1) is 0 Å². The van der Waals surface area contributed by atoms with Crippen LogP contribution in [0.1, 0.15) is 29.2 Å². The van der Waals surface area contributed by atoms with E-state index in [4.69, 9.17) is 19.2 Å². The molecule has 0 radical (unpaired) electrons. The van der Waals surface area contributed by atoms with E-state index >= 15 is 0 Å². The van der Waals surface area contributed by atoms with E-state index in [0.29, 0.717) is 39.5 Å². The molecule has 0 aliphatic carbocycles. The number of alkyl halides is 3. The summed E-state index contributed by atoms with van der Waals surface area (Å²) in [6, 6.07) is 18.7. The number of hydrogen-bond acceptors (Lipinski definition) is 9. The zero-order chi connectivity index (χ0) is 29.1. The number of carbonyl (C=O) groups is 1. The SMILES string of the molecule is CON=C(C(C)=NOCc1ccccc1C(=NOC)C(=O)OC)c1ccc(Nc2cccc(C(F)(F)F)c2)cc1. The number of nitrogens with one attached hydrogen (secondary N) is 1. The van der Waals surface area contributed by atoms with E-state index in [-0.39, 0.29) is 12.3 Å². The standard InChI is InChI=1S/C28H27F3N4O5/c1-18(33-40-17-20-8-5-6-11-24(20)26(35-39-4)27(36)37-2)25(34-38-3)19-12-14-22(15-13-19)32-23-10-7-9-21(16-23)28(29,30)31/h5-16,32H,17H2,1-4H3. The molecule has 0 bridgehead atoms. The molecular weight excluding hydrogens is 529 g/mol. The summed E-state index contributed by atoms with van der Waals surface area (Å²) in [5.41, 5.74) is 2.55. The number of rotatable bonds is 11. The second kappa shape index (κ2) is 13.8. The Bertz CT molecular complexity index is 1400. The summed E-state index contributed by atoms with van der Waals surface area (Å²) in [4.78, 5) is 27.5. The van der Waals surface area contributed by atoms with E-state index in [1.807, 2.05) is 0 Å². The number of anilines is 2. The van der Waals surface area contributed by atoms with Crippen molar-refractivity contribution in [2.24, 2.45) is 15.5 Å². The molecule has 3 aromatic rings. The van der Waals surface area contributed by atoms with Gasteiger partial charge in [0.25, 0.3) is 0 Å². The van der Waals surface area contributed by atoms with Gasteiger partial charge in [-0.2, -0.15) is 13.2 Å². The first-order chi connectivity index (χ1) is 19.2. The lowest BCUT2D eigenvalue weighted by Crippen LogP contribution is -2.19. The fraction of sp³-hybridized carbons (Fsp3) is 0.214. The molecule has 0 fully saturated rings. The minimum atomic E-state index is -4.44. The molecule has 0 saturated heterocycles. The fourth-order valence-corrected chi connectivity index (χ4v) is 3.57. The van der Waals surface area contributed by atoms with E-state index in [1.165, 1.54) is 27.4 Å². The lowest BCUT2D eigenvalue weighted by molar-refractivity contribution is -0.137. The minimum Gasteiger partial charge on any atom is -0.464 e. The van der Waals surface area contributed by atoms with Crippen LogP contribution in [0.25, 0.3) is 0 Å². The van der Waals surface area contributed by atoms with Gasteiger partial charge in [0.2, 0.25) is 0 Å². The number of benzene rings is 3. The number of ether oxygens (including phenoxy) is 1. The maximum Gasteiger partial charge on any atom is 0.416 e. The maximum atomic E-state index is 13.0. The highest BCUT2D eigenvalue weighted by molar-refractivity contribution is 6.47. The van der Waals surface area contributed by atoms with Crippen LogP contribution < -0.4 is 5.32 Å². The van der Waals surface area contributed by atoms with Crippen LogP contribution in [0.15, 0.2) is 88.3 Å². The maximum absolute atomic E-state index is 13.0. The van der Waals surface area contributed by atoms with Gasteiger partial charge in [0.05, 0.1) is 12.7 Å². The summed E-state index contributed by atoms with van der Waals surface area (Å²) in [5.74, 6) is -0.672. The first-order valence-electron chi connectivity index (χ1n) is 11.8. The molecule has 12 heteroatoms. The van der Waals surface area contributed by atoms with Crippen LogP contribution in [0.3, 0.4) is 0 Å². The van der Waals surface area contributed by atoms with Gasteiger partial charge in [0.15, 0.2) is 5.71 Å². The van der Waals surface area contributed by atoms with Crippen molar-refractivity contribution < 1.29 is 37.2 Å². The number of nitrogens with zero attached hydrogens (tertiary/aromatic N) is 3. The molecule has 9 nitrogen and oxygen atoms in total. The van der Waals surface area contributed by atoms with Gasteiger partial charge in [0.1, 0.15) is 32.2 Å². The monoisotopic (exact) mass is 556 g/mol. The topological polar surface area (TPSA) is 103 Å². The van der Waals surface area contributed by atoms with Crippen molar-refractivity contribution in [3.63, 3.8) is 0 Å². The molecule has 0 aliphatic rings. The van der Waals surface area contributed by atoms with Crippen LogP contribution in [-0.4, -0.2) is 44.4 Å². The molecule has 0 heterocycles. The number of oxime groups is 3. The van der Waals surface area contributed by atoms with Gasteiger partial charge >= 0.3 is 12.1 Å². The second-order valence-electron chi connectivity index (χ2n) is 8.12. The van der Waals surface area contributed by atoms with Crippen molar-refractivity contribution >= 4 is 34.5 Å². The first kappa shape index (κ1) is 29.7. The highest BCUT2D eigenvalue weighted by atomic mass is 19.4. The van der Waals surface area contributed by atoms with Gasteiger partial charge in [-0.15, -0.1) is 0 Å². The summed E-state index contributed by atoms with van der Waals surface area (Å²) >= 11 is 0. The summed E-state index contributed by atoms with van der Waals surface area (Å²) in [6.07, 6.45) is -4.44. The molecule has 210 valence electrons. The molecule has 0 unspecified atom stereocenters. The van der Waals surface area contributed by atoms with Crippen LogP contribution in [0.2, 0.25) is 0 Å². The quantitative estimate of drug-likeness (QED) is 0.179. The third kappa shape index (κ3) is 7.82. The third-order valence-electron chi connectivity index (χ3n) is 5.42. The average molecular weight is 557 g/mol. The Kier molecular flexibility index (Phi) is 10.2. The molecule has 0 atom stereocenters. The largest absolute Gasteiger partial charge is 0.464 e. The second-order valence-corrected chi connectivity index (χ2v) is 8.12. The lowest BCUT2D eigenvalue weighted by Gasteiger charge is -2.12. The molecule has 3 aromatic carbocycles. The Hall–Kier alpha value is -4.87. The van der Waals surface area contributed by atoms with Gasteiger partial charge in [-0.05, 0) is 37.3 Å². The number of methoxy groups -OCH3 is 1. The van der Waals surface area contributed by atoms with Gasteiger partial charge in [-0.25, -0.2) is 4.79 Å².